The lowest BCUT2D eigenvalue weighted by molar-refractivity contribution is -0.128. The topological polar surface area (TPSA) is 38.8 Å². The standard InChI is InChI=1S/C27H32F3NO3/c1-26(22-5-7-23(28)8-6-22)10-12-31(13-11-26)25(32)21-4-3-20(24(15-21)33-2)9-14-34-18-19-16-27(29,30)17-19/h3-8,15,19H,9-14,16-18H2,1-2H3. The molecule has 0 spiro atoms. The van der Waals surface area contributed by atoms with Crippen molar-refractivity contribution in [3.63, 3.8) is 0 Å². The monoisotopic (exact) mass is 475 g/mol. The van der Waals surface area contributed by atoms with Crippen LogP contribution in [0.5, 0.6) is 5.75 Å². The largest absolute Gasteiger partial charge is 0.496 e. The Morgan fingerprint density at radius 3 is 2.38 bits per heavy atom. The summed E-state index contributed by atoms with van der Waals surface area (Å²) >= 11 is 0. The van der Waals surface area contributed by atoms with Gasteiger partial charge < -0.3 is 14.4 Å². The molecule has 2 aromatic rings. The number of halogens is 3. The van der Waals surface area contributed by atoms with Crippen LogP contribution in [0.3, 0.4) is 0 Å². The number of hydrogen-bond donors (Lipinski definition) is 0. The summed E-state index contributed by atoms with van der Waals surface area (Å²) in [4.78, 5) is 15.0. The van der Waals surface area contributed by atoms with Crippen LogP contribution in [0.1, 0.15) is 54.1 Å². The fourth-order valence-electron chi connectivity index (χ4n) is 4.95. The van der Waals surface area contributed by atoms with Gasteiger partial charge in [-0.15, -0.1) is 0 Å². The maximum Gasteiger partial charge on any atom is 0.253 e. The molecular formula is C27H32F3NO3. The van der Waals surface area contributed by atoms with E-state index in [0.717, 1.165) is 24.0 Å². The molecule has 1 saturated heterocycles. The predicted octanol–water partition coefficient (Wildman–Crippen LogP) is 5.63. The average Bonchev–Trinajstić information content (AvgIpc) is 2.81. The number of carbonyl (C=O) groups is 1. The number of methoxy groups -OCH3 is 1. The molecule has 0 bridgehead atoms. The fraction of sp³-hybridized carbons (Fsp3) is 0.519. The van der Waals surface area contributed by atoms with Crippen LogP contribution in [0.2, 0.25) is 0 Å². The van der Waals surface area contributed by atoms with E-state index in [-0.39, 0.29) is 35.9 Å². The lowest BCUT2D eigenvalue weighted by Crippen LogP contribution is -2.43. The van der Waals surface area contributed by atoms with Crippen LogP contribution < -0.4 is 4.74 Å². The van der Waals surface area contributed by atoms with Gasteiger partial charge >= 0.3 is 0 Å². The summed E-state index contributed by atoms with van der Waals surface area (Å²) in [7, 11) is 1.57. The molecule has 184 valence electrons. The van der Waals surface area contributed by atoms with Gasteiger partial charge in [-0.2, -0.15) is 0 Å². The minimum absolute atomic E-state index is 0.0341. The molecule has 0 unspecified atom stereocenters. The molecule has 2 aliphatic rings. The molecule has 1 aliphatic heterocycles. The number of nitrogens with zero attached hydrogens (tertiary/aromatic N) is 1. The van der Waals surface area contributed by atoms with Crippen molar-refractivity contribution in [1.82, 2.24) is 4.90 Å². The smallest absolute Gasteiger partial charge is 0.253 e. The molecule has 7 heteroatoms. The highest BCUT2D eigenvalue weighted by Gasteiger charge is 2.45. The van der Waals surface area contributed by atoms with E-state index in [0.29, 0.717) is 44.0 Å². The SMILES string of the molecule is COc1cc(C(=O)N2CCC(C)(c3ccc(F)cc3)CC2)ccc1CCOCC1CC(F)(F)C1. The van der Waals surface area contributed by atoms with Crippen LogP contribution in [0.25, 0.3) is 0 Å². The van der Waals surface area contributed by atoms with E-state index in [9.17, 15) is 18.0 Å². The second kappa shape index (κ2) is 9.98. The molecule has 4 nitrogen and oxygen atoms in total. The van der Waals surface area contributed by atoms with Crippen LogP contribution in [-0.4, -0.2) is 50.1 Å². The first-order valence-electron chi connectivity index (χ1n) is 11.9. The summed E-state index contributed by atoms with van der Waals surface area (Å²) in [6.45, 7) is 4.19. The predicted molar refractivity (Wildman–Crippen MR) is 124 cm³/mol. The van der Waals surface area contributed by atoms with E-state index in [4.69, 9.17) is 9.47 Å². The summed E-state index contributed by atoms with van der Waals surface area (Å²) in [5, 5.41) is 0. The van der Waals surface area contributed by atoms with Crippen molar-refractivity contribution >= 4 is 5.91 Å². The first-order valence-corrected chi connectivity index (χ1v) is 11.9. The van der Waals surface area contributed by atoms with Crippen molar-refractivity contribution in [2.45, 2.75) is 50.4 Å². The number of rotatable bonds is 8. The number of alkyl halides is 2. The Bertz CT molecular complexity index is 993. The summed E-state index contributed by atoms with van der Waals surface area (Å²) in [5.74, 6) is -2.24. The van der Waals surface area contributed by atoms with E-state index in [2.05, 4.69) is 6.92 Å². The van der Waals surface area contributed by atoms with Gasteiger partial charge in [0.15, 0.2) is 0 Å². The van der Waals surface area contributed by atoms with Gasteiger partial charge in [-0.1, -0.05) is 25.1 Å². The van der Waals surface area contributed by atoms with Crippen molar-refractivity contribution in [3.05, 3.63) is 65.0 Å². The number of carbonyl (C=O) groups excluding carboxylic acids is 1. The van der Waals surface area contributed by atoms with Crippen LogP contribution in [-0.2, 0) is 16.6 Å². The Balaban J connectivity index is 1.30. The van der Waals surface area contributed by atoms with Gasteiger partial charge in [-0.25, -0.2) is 13.2 Å². The fourth-order valence-corrected chi connectivity index (χ4v) is 4.95. The summed E-state index contributed by atoms with van der Waals surface area (Å²) in [5.41, 5.74) is 2.51. The van der Waals surface area contributed by atoms with Gasteiger partial charge in [0, 0.05) is 38.1 Å². The van der Waals surface area contributed by atoms with Crippen molar-refractivity contribution in [1.29, 1.82) is 0 Å². The van der Waals surface area contributed by atoms with E-state index >= 15 is 0 Å². The van der Waals surface area contributed by atoms with Gasteiger partial charge in [-0.3, -0.25) is 4.79 Å². The second-order valence-corrected chi connectivity index (χ2v) is 9.84. The number of hydrogen-bond acceptors (Lipinski definition) is 3. The molecule has 2 aromatic carbocycles. The maximum absolute atomic E-state index is 13.3. The lowest BCUT2D eigenvalue weighted by atomic mass is 9.74. The Morgan fingerprint density at radius 2 is 1.76 bits per heavy atom. The molecule has 1 amide bonds. The lowest BCUT2D eigenvalue weighted by Gasteiger charge is -2.40. The third-order valence-electron chi connectivity index (χ3n) is 7.27. The Kier molecular flexibility index (Phi) is 7.22. The zero-order valence-electron chi connectivity index (χ0n) is 19.8. The van der Waals surface area contributed by atoms with Gasteiger partial charge in [0.25, 0.3) is 5.91 Å². The molecule has 34 heavy (non-hydrogen) atoms. The molecule has 1 aliphatic carbocycles. The molecule has 0 aromatic heterocycles. The summed E-state index contributed by atoms with van der Waals surface area (Å²) in [6.07, 6.45) is 2.02. The van der Waals surface area contributed by atoms with E-state index in [1.807, 2.05) is 23.1 Å². The zero-order valence-corrected chi connectivity index (χ0v) is 19.8. The summed E-state index contributed by atoms with van der Waals surface area (Å²) in [6, 6.07) is 12.1. The Labute approximate surface area is 199 Å². The highest BCUT2D eigenvalue weighted by atomic mass is 19.3. The molecule has 0 N–H and O–H groups in total. The van der Waals surface area contributed by atoms with Crippen LogP contribution in [0.15, 0.2) is 42.5 Å². The minimum Gasteiger partial charge on any atom is -0.496 e. The number of piperidine rings is 1. The number of amides is 1. The number of benzene rings is 2. The maximum atomic E-state index is 13.3. The van der Waals surface area contributed by atoms with Gasteiger partial charge in [0.1, 0.15) is 11.6 Å². The quantitative estimate of drug-likeness (QED) is 0.465. The van der Waals surface area contributed by atoms with Crippen LogP contribution in [0.4, 0.5) is 13.2 Å². The Morgan fingerprint density at radius 1 is 1.09 bits per heavy atom. The van der Waals surface area contributed by atoms with Crippen molar-refractivity contribution in [2.75, 3.05) is 33.4 Å². The van der Waals surface area contributed by atoms with E-state index in [1.54, 1.807) is 19.2 Å². The normalized spacial score (nSPS) is 19.5. The molecule has 1 heterocycles. The average molecular weight is 476 g/mol. The number of ether oxygens (including phenoxy) is 2. The molecule has 1 saturated carbocycles. The third kappa shape index (κ3) is 5.57. The highest BCUT2D eigenvalue weighted by molar-refractivity contribution is 5.94. The summed E-state index contributed by atoms with van der Waals surface area (Å²) < 4.78 is 50.2. The van der Waals surface area contributed by atoms with Gasteiger partial charge in [0.2, 0.25) is 5.92 Å². The van der Waals surface area contributed by atoms with E-state index < -0.39 is 5.92 Å². The number of likely N-dealkylation sites (tertiary alicyclic amines) is 1. The van der Waals surface area contributed by atoms with E-state index in [1.165, 1.54) is 12.1 Å². The first kappa shape index (κ1) is 24.6. The second-order valence-electron chi connectivity index (χ2n) is 9.84. The van der Waals surface area contributed by atoms with Crippen molar-refractivity contribution < 1.29 is 27.4 Å². The first-order chi connectivity index (χ1) is 16.2. The molecular weight excluding hydrogens is 443 g/mol. The third-order valence-corrected chi connectivity index (χ3v) is 7.27. The molecule has 2 fully saturated rings. The van der Waals surface area contributed by atoms with Crippen molar-refractivity contribution in [3.8, 4) is 5.75 Å². The van der Waals surface area contributed by atoms with Crippen LogP contribution >= 0.6 is 0 Å². The molecule has 0 atom stereocenters. The zero-order chi connectivity index (χ0) is 24.3. The Hall–Kier alpha value is -2.54. The molecule has 4 rings (SSSR count). The molecule has 0 radical (unpaired) electrons. The van der Waals surface area contributed by atoms with Crippen LogP contribution in [0, 0.1) is 11.7 Å². The van der Waals surface area contributed by atoms with Crippen molar-refractivity contribution in [2.24, 2.45) is 5.92 Å². The van der Waals surface area contributed by atoms with Gasteiger partial charge in [0.05, 0.1) is 13.7 Å². The van der Waals surface area contributed by atoms with Gasteiger partial charge in [-0.05, 0) is 66.0 Å². The highest BCUT2D eigenvalue weighted by Crippen LogP contribution is 2.42. The minimum atomic E-state index is -2.52.